The number of thioether (sulfide) groups is 1. The molecule has 0 saturated carbocycles. The van der Waals surface area contributed by atoms with Gasteiger partial charge in [-0.25, -0.2) is 9.78 Å². The number of nitrogens with zero attached hydrogens (tertiary/aromatic N) is 2. The molecule has 0 aliphatic heterocycles. The lowest BCUT2D eigenvalue weighted by Gasteiger charge is -2.08. The number of H-pyrrole nitrogens is 1. The molecule has 0 aliphatic carbocycles. The van der Waals surface area contributed by atoms with Gasteiger partial charge in [0.15, 0.2) is 5.16 Å². The second kappa shape index (κ2) is 9.71. The van der Waals surface area contributed by atoms with Crippen molar-refractivity contribution >= 4 is 28.8 Å². The number of aryl methyl sites for hydroxylation is 1. The summed E-state index contributed by atoms with van der Waals surface area (Å²) in [6.45, 7) is 4.27. The Bertz CT molecular complexity index is 1300. The molecule has 5 nitrogen and oxygen atoms in total. The molecule has 0 radical (unpaired) electrons. The van der Waals surface area contributed by atoms with Gasteiger partial charge in [-0.2, -0.15) is 5.26 Å². The van der Waals surface area contributed by atoms with Gasteiger partial charge < -0.3 is 9.72 Å². The van der Waals surface area contributed by atoms with Gasteiger partial charge in [-0.05, 0) is 47.7 Å². The molecule has 0 amide bonds. The number of benzene rings is 3. The molecule has 1 N–H and O–H groups in total. The molecule has 1 heterocycles. The number of carbonyl (C=O) groups is 1. The number of carbonyl (C=O) groups excluding carboxylic acids is 1. The minimum atomic E-state index is -0.385. The Labute approximate surface area is 191 Å². The van der Waals surface area contributed by atoms with E-state index < -0.39 is 0 Å². The molecule has 160 valence electrons. The highest BCUT2D eigenvalue weighted by Gasteiger charge is 2.17. The number of nitriles is 1. The van der Waals surface area contributed by atoms with E-state index in [9.17, 15) is 10.1 Å². The Morgan fingerprint density at radius 2 is 1.91 bits per heavy atom. The molecule has 0 bridgehead atoms. The first-order valence-corrected chi connectivity index (χ1v) is 11.5. The number of imidazole rings is 1. The van der Waals surface area contributed by atoms with Crippen LogP contribution in [0.4, 0.5) is 0 Å². The maximum absolute atomic E-state index is 12.8. The molecule has 3 aromatic carbocycles. The number of esters is 1. The number of aromatic amines is 1. The molecule has 0 atom stereocenters. The van der Waals surface area contributed by atoms with E-state index in [-0.39, 0.29) is 12.6 Å². The van der Waals surface area contributed by atoms with E-state index in [1.165, 1.54) is 0 Å². The topological polar surface area (TPSA) is 78.8 Å². The molecule has 0 aliphatic rings. The molecular formula is C26H23N3O2S. The lowest BCUT2D eigenvalue weighted by molar-refractivity contribution is 0.0475. The number of rotatable bonds is 7. The van der Waals surface area contributed by atoms with Crippen molar-refractivity contribution in [1.29, 1.82) is 5.26 Å². The predicted molar refractivity (Wildman–Crippen MR) is 128 cm³/mol. The number of hydrogen-bond acceptors (Lipinski definition) is 5. The molecule has 0 fully saturated rings. The van der Waals surface area contributed by atoms with E-state index in [2.05, 4.69) is 23.0 Å². The average molecular weight is 442 g/mol. The third kappa shape index (κ3) is 4.53. The van der Waals surface area contributed by atoms with Gasteiger partial charge >= 0.3 is 5.97 Å². The molecule has 0 saturated heterocycles. The first-order chi connectivity index (χ1) is 15.6. The monoisotopic (exact) mass is 441 g/mol. The van der Waals surface area contributed by atoms with Crippen LogP contribution in [0.15, 0.2) is 65.8 Å². The fourth-order valence-corrected chi connectivity index (χ4v) is 4.21. The highest BCUT2D eigenvalue weighted by atomic mass is 32.2. The summed E-state index contributed by atoms with van der Waals surface area (Å²) >= 11 is 1.65. The zero-order valence-corrected chi connectivity index (χ0v) is 18.8. The van der Waals surface area contributed by atoms with Gasteiger partial charge in [0, 0.05) is 5.75 Å². The van der Waals surface area contributed by atoms with E-state index >= 15 is 0 Å². The van der Waals surface area contributed by atoms with Crippen LogP contribution in [0.5, 0.6) is 0 Å². The molecule has 0 unspecified atom stereocenters. The number of aromatic nitrogens is 2. The quantitative estimate of drug-likeness (QED) is 0.270. The van der Waals surface area contributed by atoms with E-state index in [4.69, 9.17) is 4.74 Å². The van der Waals surface area contributed by atoms with Gasteiger partial charge in [0.2, 0.25) is 0 Å². The lowest BCUT2D eigenvalue weighted by atomic mass is 9.99. The lowest BCUT2D eigenvalue weighted by Crippen LogP contribution is -2.06. The van der Waals surface area contributed by atoms with Crippen LogP contribution in [0.2, 0.25) is 0 Å². The summed E-state index contributed by atoms with van der Waals surface area (Å²) < 4.78 is 5.60. The Morgan fingerprint density at radius 3 is 2.66 bits per heavy atom. The summed E-state index contributed by atoms with van der Waals surface area (Å²) in [7, 11) is 0. The maximum Gasteiger partial charge on any atom is 0.340 e. The zero-order chi connectivity index (χ0) is 22.5. The van der Waals surface area contributed by atoms with Crippen molar-refractivity contribution in [3.63, 3.8) is 0 Å². The van der Waals surface area contributed by atoms with Crippen molar-refractivity contribution in [3.05, 3.63) is 82.9 Å². The molecule has 4 aromatic rings. The minimum Gasteiger partial charge on any atom is -0.457 e. The second-order valence-corrected chi connectivity index (χ2v) is 8.56. The smallest absolute Gasteiger partial charge is 0.340 e. The predicted octanol–water partition coefficient (Wildman–Crippen LogP) is 6.27. The van der Waals surface area contributed by atoms with Crippen molar-refractivity contribution < 1.29 is 9.53 Å². The largest absolute Gasteiger partial charge is 0.457 e. The zero-order valence-electron chi connectivity index (χ0n) is 18.0. The van der Waals surface area contributed by atoms with Crippen molar-refractivity contribution in [2.24, 2.45) is 0 Å². The summed E-state index contributed by atoms with van der Waals surface area (Å²) in [5.74, 6) is 0.581. The van der Waals surface area contributed by atoms with Gasteiger partial charge in [0.25, 0.3) is 0 Å². The summed E-state index contributed by atoms with van der Waals surface area (Å²) in [6, 6.07) is 21.1. The molecule has 4 rings (SSSR count). The Hall–Kier alpha value is -3.56. The van der Waals surface area contributed by atoms with E-state index in [0.717, 1.165) is 50.6 Å². The van der Waals surface area contributed by atoms with Crippen LogP contribution in [-0.2, 0) is 11.3 Å². The van der Waals surface area contributed by atoms with Gasteiger partial charge in [-0.15, -0.1) is 0 Å². The van der Waals surface area contributed by atoms with Crippen molar-refractivity contribution in [1.82, 2.24) is 9.97 Å². The number of ether oxygens (including phenoxy) is 1. The Morgan fingerprint density at radius 1 is 1.12 bits per heavy atom. The van der Waals surface area contributed by atoms with Crippen LogP contribution in [0.3, 0.4) is 0 Å². The molecule has 1 aromatic heterocycles. The maximum atomic E-state index is 12.8. The van der Waals surface area contributed by atoms with Crippen molar-refractivity contribution in [3.8, 4) is 17.2 Å². The van der Waals surface area contributed by atoms with E-state index in [0.29, 0.717) is 11.1 Å². The van der Waals surface area contributed by atoms with Gasteiger partial charge in [-0.3, -0.25) is 0 Å². The molecular weight excluding hydrogens is 418 g/mol. The van der Waals surface area contributed by atoms with Crippen LogP contribution in [0.25, 0.3) is 22.2 Å². The van der Waals surface area contributed by atoms with Crippen molar-refractivity contribution in [2.45, 2.75) is 32.0 Å². The summed E-state index contributed by atoms with van der Waals surface area (Å²) in [6.07, 6.45) is 1.05. The number of fused-ring (bicyclic) bond motifs is 1. The van der Waals surface area contributed by atoms with Gasteiger partial charge in [-0.1, -0.05) is 67.2 Å². The first-order valence-electron chi connectivity index (χ1n) is 10.5. The number of hydrogen-bond donors (Lipinski definition) is 1. The van der Waals surface area contributed by atoms with Crippen LogP contribution in [0, 0.1) is 18.3 Å². The second-order valence-electron chi connectivity index (χ2n) is 7.47. The fraction of sp³-hybridized carbons (Fsp3) is 0.192. The van der Waals surface area contributed by atoms with Gasteiger partial charge in [0.05, 0.1) is 28.2 Å². The third-order valence-electron chi connectivity index (χ3n) is 5.17. The van der Waals surface area contributed by atoms with E-state index in [1.807, 2.05) is 55.5 Å². The summed E-state index contributed by atoms with van der Waals surface area (Å²) in [4.78, 5) is 20.7. The average Bonchev–Trinajstić information content (AvgIpc) is 3.27. The minimum absolute atomic E-state index is 0.167. The normalized spacial score (nSPS) is 10.8. The highest BCUT2D eigenvalue weighted by Crippen LogP contribution is 2.27. The summed E-state index contributed by atoms with van der Waals surface area (Å²) in [5, 5.41) is 10.1. The molecule has 6 heteroatoms. The van der Waals surface area contributed by atoms with Crippen LogP contribution < -0.4 is 0 Å². The molecule has 0 spiro atoms. The first kappa shape index (κ1) is 21.7. The van der Waals surface area contributed by atoms with Crippen molar-refractivity contribution in [2.75, 3.05) is 5.75 Å². The van der Waals surface area contributed by atoms with Crippen LogP contribution in [0.1, 0.15) is 40.4 Å². The third-order valence-corrected chi connectivity index (χ3v) is 6.25. The van der Waals surface area contributed by atoms with Crippen LogP contribution >= 0.6 is 11.8 Å². The van der Waals surface area contributed by atoms with Gasteiger partial charge in [0.1, 0.15) is 6.61 Å². The van der Waals surface area contributed by atoms with E-state index in [1.54, 1.807) is 23.9 Å². The van der Waals surface area contributed by atoms with Crippen LogP contribution in [-0.4, -0.2) is 21.7 Å². The Kier molecular flexibility index (Phi) is 6.58. The fourth-order valence-electron chi connectivity index (χ4n) is 3.48. The SMILES string of the molecule is CCCSc1nc2c(C)ccc(C(=O)OCc3ccc(-c4ccccc4C#N)cc3)c2[nH]1. The molecule has 32 heavy (non-hydrogen) atoms. The number of nitrogens with one attached hydrogen (secondary N) is 1. The standard InChI is InChI=1S/C26H23N3O2S/c1-3-14-32-26-28-23-17(2)8-13-22(24(23)29-26)25(30)31-16-18-9-11-19(12-10-18)21-7-5-4-6-20(21)15-27/h4-13H,3,14,16H2,1-2H3,(H,28,29). The highest BCUT2D eigenvalue weighted by molar-refractivity contribution is 7.99. The summed E-state index contributed by atoms with van der Waals surface area (Å²) in [5.41, 5.74) is 6.37. The Balaban J connectivity index is 1.49.